The maximum atomic E-state index is 12.9. The van der Waals surface area contributed by atoms with Crippen molar-refractivity contribution in [1.82, 2.24) is 9.97 Å². The Morgan fingerprint density at radius 1 is 1.18 bits per heavy atom. The first kappa shape index (κ1) is 17.9. The highest BCUT2D eigenvalue weighted by Crippen LogP contribution is 2.42. The number of hydrogen-bond acceptors (Lipinski definition) is 7. The van der Waals surface area contributed by atoms with E-state index in [0.29, 0.717) is 22.8 Å². The van der Waals surface area contributed by atoms with Crippen LogP contribution in [0.25, 0.3) is 0 Å². The van der Waals surface area contributed by atoms with Gasteiger partial charge in [0.05, 0.1) is 23.2 Å². The first-order valence-corrected chi connectivity index (χ1v) is 8.80. The van der Waals surface area contributed by atoms with Crippen molar-refractivity contribution in [1.29, 1.82) is 0 Å². The summed E-state index contributed by atoms with van der Waals surface area (Å²) in [6.07, 6.45) is -0.333. The normalized spacial score (nSPS) is 17.4. The fourth-order valence-corrected chi connectivity index (χ4v) is 3.46. The third-order valence-corrected chi connectivity index (χ3v) is 4.57. The van der Waals surface area contributed by atoms with Crippen LogP contribution in [0.4, 0.5) is 5.82 Å². The van der Waals surface area contributed by atoms with Crippen LogP contribution in [0.15, 0.2) is 39.1 Å². The minimum atomic E-state index is -0.752. The number of nitrogens with one attached hydrogen (secondary N) is 3. The molecule has 0 bridgehead atoms. The van der Waals surface area contributed by atoms with Crippen molar-refractivity contribution in [3.05, 3.63) is 61.4 Å². The van der Waals surface area contributed by atoms with Gasteiger partial charge in [0.1, 0.15) is 5.82 Å². The van der Waals surface area contributed by atoms with Crippen LogP contribution in [0.2, 0.25) is 0 Å². The van der Waals surface area contributed by atoms with Crippen molar-refractivity contribution in [2.24, 2.45) is 0 Å². The molecule has 2 aliphatic rings. The smallest absolute Gasteiger partial charge is 0.337 e. The number of esters is 1. The minimum absolute atomic E-state index is 0.104. The molecule has 0 fully saturated rings. The molecule has 146 valence electrons. The number of H-pyrrole nitrogens is 2. The Bertz CT molecular complexity index is 1110. The second kappa shape index (κ2) is 6.59. The third kappa shape index (κ3) is 2.94. The SMILES string of the molecule is CC1=C(C(=O)OC(C)C)C(c2ccc3c(c2)OCO3)c2c([nH]c(=O)[nH]c2=O)N1. The van der Waals surface area contributed by atoms with Crippen molar-refractivity contribution < 1.29 is 19.0 Å². The predicted octanol–water partition coefficient (Wildman–Crippen LogP) is 1.57. The van der Waals surface area contributed by atoms with E-state index < -0.39 is 23.1 Å². The third-order valence-electron chi connectivity index (χ3n) is 4.57. The molecule has 3 N–H and O–H groups in total. The van der Waals surface area contributed by atoms with E-state index in [2.05, 4.69) is 15.3 Å². The van der Waals surface area contributed by atoms with Crippen LogP contribution in [0.5, 0.6) is 11.5 Å². The number of fused-ring (bicyclic) bond motifs is 2. The van der Waals surface area contributed by atoms with E-state index in [0.717, 1.165) is 0 Å². The Morgan fingerprint density at radius 2 is 1.93 bits per heavy atom. The summed E-state index contributed by atoms with van der Waals surface area (Å²) in [7, 11) is 0. The number of anilines is 1. The molecule has 0 amide bonds. The molecule has 2 aromatic rings. The lowest BCUT2D eigenvalue weighted by molar-refractivity contribution is -0.143. The van der Waals surface area contributed by atoms with Gasteiger partial charge in [-0.3, -0.25) is 14.8 Å². The van der Waals surface area contributed by atoms with Gasteiger partial charge >= 0.3 is 11.7 Å². The number of carbonyl (C=O) groups excluding carboxylic acids is 1. The summed E-state index contributed by atoms with van der Waals surface area (Å²) >= 11 is 0. The van der Waals surface area contributed by atoms with Crippen LogP contribution < -0.4 is 26.0 Å². The highest BCUT2D eigenvalue weighted by Gasteiger charge is 2.37. The second-order valence-electron chi connectivity index (χ2n) is 6.86. The van der Waals surface area contributed by atoms with Crippen molar-refractivity contribution >= 4 is 11.8 Å². The van der Waals surface area contributed by atoms with Crippen LogP contribution in [0, 0.1) is 0 Å². The number of aromatic nitrogens is 2. The zero-order chi connectivity index (χ0) is 20.0. The summed E-state index contributed by atoms with van der Waals surface area (Å²) in [4.78, 5) is 42.1. The van der Waals surface area contributed by atoms with E-state index in [1.807, 2.05) is 0 Å². The molecule has 3 heterocycles. The maximum Gasteiger partial charge on any atom is 0.337 e. The summed E-state index contributed by atoms with van der Waals surface area (Å²) < 4.78 is 16.2. The number of aromatic amines is 2. The number of benzene rings is 1. The van der Waals surface area contributed by atoms with Gasteiger partial charge in [-0.15, -0.1) is 0 Å². The molecule has 9 heteroatoms. The van der Waals surface area contributed by atoms with E-state index in [9.17, 15) is 14.4 Å². The van der Waals surface area contributed by atoms with E-state index in [1.54, 1.807) is 39.0 Å². The van der Waals surface area contributed by atoms with Crippen LogP contribution in [-0.2, 0) is 9.53 Å². The van der Waals surface area contributed by atoms with Gasteiger partial charge in [0.25, 0.3) is 5.56 Å². The molecule has 0 spiro atoms. The summed E-state index contributed by atoms with van der Waals surface area (Å²) in [6, 6.07) is 5.20. The lowest BCUT2D eigenvalue weighted by Crippen LogP contribution is -2.35. The van der Waals surface area contributed by atoms with Crippen LogP contribution in [-0.4, -0.2) is 28.8 Å². The van der Waals surface area contributed by atoms with Crippen LogP contribution in [0.1, 0.15) is 37.8 Å². The maximum absolute atomic E-state index is 12.9. The van der Waals surface area contributed by atoms with E-state index in [4.69, 9.17) is 14.2 Å². The zero-order valence-corrected chi connectivity index (χ0v) is 15.5. The number of hydrogen-bond donors (Lipinski definition) is 3. The summed E-state index contributed by atoms with van der Waals surface area (Å²) in [5, 5.41) is 2.95. The average molecular weight is 385 g/mol. The molecule has 1 unspecified atom stereocenters. The van der Waals surface area contributed by atoms with Crippen LogP contribution >= 0.6 is 0 Å². The second-order valence-corrected chi connectivity index (χ2v) is 6.86. The fraction of sp³-hybridized carbons (Fsp3) is 0.316. The van der Waals surface area contributed by atoms with Gasteiger partial charge in [0, 0.05) is 5.70 Å². The average Bonchev–Trinajstić information content (AvgIpc) is 3.07. The number of rotatable bonds is 3. The van der Waals surface area contributed by atoms with Gasteiger partial charge in [0.2, 0.25) is 6.79 Å². The molecule has 0 aliphatic carbocycles. The molecular formula is C19H19N3O6. The lowest BCUT2D eigenvalue weighted by atomic mass is 9.82. The molecule has 0 saturated heterocycles. The van der Waals surface area contributed by atoms with Gasteiger partial charge < -0.3 is 19.5 Å². The van der Waals surface area contributed by atoms with Gasteiger partial charge in [0.15, 0.2) is 11.5 Å². The lowest BCUT2D eigenvalue weighted by Gasteiger charge is -2.29. The van der Waals surface area contributed by atoms with Crippen molar-refractivity contribution in [2.75, 3.05) is 12.1 Å². The summed E-state index contributed by atoms with van der Waals surface area (Å²) in [6.45, 7) is 5.29. The molecule has 0 radical (unpaired) electrons. The molecule has 1 aromatic heterocycles. The van der Waals surface area contributed by atoms with Gasteiger partial charge in [-0.25, -0.2) is 9.59 Å². The topological polar surface area (TPSA) is 123 Å². The predicted molar refractivity (Wildman–Crippen MR) is 99.6 cm³/mol. The zero-order valence-electron chi connectivity index (χ0n) is 15.5. The first-order valence-electron chi connectivity index (χ1n) is 8.80. The van der Waals surface area contributed by atoms with E-state index in [1.165, 1.54) is 0 Å². The summed E-state index contributed by atoms with van der Waals surface area (Å²) in [5.41, 5.74) is 0.414. The molecular weight excluding hydrogens is 366 g/mol. The Balaban J connectivity index is 1.93. The molecule has 9 nitrogen and oxygen atoms in total. The van der Waals surface area contributed by atoms with E-state index >= 15 is 0 Å². The van der Waals surface area contributed by atoms with Crippen LogP contribution in [0.3, 0.4) is 0 Å². The summed E-state index contributed by atoms with van der Waals surface area (Å²) in [5.74, 6) is 0.0551. The molecule has 2 aliphatic heterocycles. The Morgan fingerprint density at radius 3 is 2.68 bits per heavy atom. The highest BCUT2D eigenvalue weighted by molar-refractivity contribution is 5.94. The molecule has 1 atom stereocenters. The van der Waals surface area contributed by atoms with Crippen molar-refractivity contribution in [3.8, 4) is 11.5 Å². The minimum Gasteiger partial charge on any atom is -0.460 e. The standard InChI is InChI=1S/C19H19N3O6/c1-8(2)28-18(24)13-9(3)20-16-15(17(23)22-19(25)21-16)14(13)10-4-5-11-12(6-10)27-7-26-11/h4-6,8,14H,7H2,1-3H3,(H3,20,21,22,23,25). The first-order chi connectivity index (χ1) is 13.3. The van der Waals surface area contributed by atoms with Crippen molar-refractivity contribution in [2.45, 2.75) is 32.8 Å². The number of allylic oxidation sites excluding steroid dienone is 1. The molecule has 0 saturated carbocycles. The quantitative estimate of drug-likeness (QED) is 0.686. The monoisotopic (exact) mass is 385 g/mol. The Labute approximate surface area is 159 Å². The van der Waals surface area contributed by atoms with Gasteiger partial charge in [-0.2, -0.15) is 0 Å². The number of carbonyl (C=O) groups is 1. The number of ether oxygens (including phenoxy) is 3. The molecule has 28 heavy (non-hydrogen) atoms. The van der Waals surface area contributed by atoms with Crippen molar-refractivity contribution in [3.63, 3.8) is 0 Å². The largest absolute Gasteiger partial charge is 0.460 e. The Kier molecular flexibility index (Phi) is 4.21. The van der Waals surface area contributed by atoms with Gasteiger partial charge in [-0.05, 0) is 38.5 Å². The van der Waals surface area contributed by atoms with Gasteiger partial charge in [-0.1, -0.05) is 6.07 Å². The highest BCUT2D eigenvalue weighted by atomic mass is 16.7. The Hall–Kier alpha value is -3.49. The molecule has 4 rings (SSSR count). The van der Waals surface area contributed by atoms with E-state index in [-0.39, 0.29) is 29.9 Å². The fourth-order valence-electron chi connectivity index (χ4n) is 3.46. The molecule has 1 aromatic carbocycles.